The van der Waals surface area contributed by atoms with Gasteiger partial charge in [-0.15, -0.1) is 6.58 Å². The summed E-state index contributed by atoms with van der Waals surface area (Å²) in [5.41, 5.74) is 0.748. The van der Waals surface area contributed by atoms with Gasteiger partial charge in [0.15, 0.2) is 0 Å². The summed E-state index contributed by atoms with van der Waals surface area (Å²) in [5.74, 6) is -2.80. The molecule has 0 fully saturated rings. The molecule has 0 aliphatic rings. The van der Waals surface area contributed by atoms with Gasteiger partial charge in [0, 0.05) is 24.3 Å². The van der Waals surface area contributed by atoms with Gasteiger partial charge < -0.3 is 35.8 Å². The summed E-state index contributed by atoms with van der Waals surface area (Å²) < 4.78 is 11.3. The van der Waals surface area contributed by atoms with Crippen LogP contribution >= 0.6 is 11.6 Å². The number of carbonyl (C=O) groups is 5. The lowest BCUT2D eigenvalue weighted by molar-refractivity contribution is -0.142. The molecule has 3 aromatic carbocycles. The van der Waals surface area contributed by atoms with E-state index in [0.29, 0.717) is 27.5 Å². The first-order valence-electron chi connectivity index (χ1n) is 17.6. The van der Waals surface area contributed by atoms with Gasteiger partial charge in [0.2, 0.25) is 17.7 Å². The van der Waals surface area contributed by atoms with Gasteiger partial charge in [-0.3, -0.25) is 14.4 Å². The molecule has 0 saturated heterocycles. The van der Waals surface area contributed by atoms with Gasteiger partial charge in [-0.25, -0.2) is 9.59 Å². The summed E-state index contributed by atoms with van der Waals surface area (Å²) in [6.07, 6.45) is 0.610. The molecule has 12 nitrogen and oxygen atoms in total. The number of aliphatic carboxylic acids is 1. The molecule has 5 N–H and O–H groups in total. The third-order valence-electron chi connectivity index (χ3n) is 7.71. The summed E-state index contributed by atoms with van der Waals surface area (Å²) in [4.78, 5) is 66.5. The molecule has 3 rings (SSSR count). The Balaban J connectivity index is 1.88. The molecule has 13 heteroatoms. The molecule has 0 radical (unpaired) electrons. The molecule has 4 amide bonds. The van der Waals surface area contributed by atoms with Crippen LogP contribution in [0.2, 0.25) is 5.02 Å². The molecule has 1 unspecified atom stereocenters. The minimum Gasteiger partial charge on any atom is -0.488 e. The van der Waals surface area contributed by atoms with Crippen LogP contribution in [0.5, 0.6) is 5.75 Å². The highest BCUT2D eigenvalue weighted by atomic mass is 35.5. The number of carbonyl (C=O) groups excluding carboxylic acids is 4. The minimum absolute atomic E-state index is 0.0101. The Bertz CT molecular complexity index is 1740. The second-order valence-electron chi connectivity index (χ2n) is 14.8. The Morgan fingerprint density at radius 2 is 1.09 bits per heavy atom. The normalized spacial score (nSPS) is 13.6. The summed E-state index contributed by atoms with van der Waals surface area (Å²) in [6, 6.07) is 17.6. The van der Waals surface area contributed by atoms with Gasteiger partial charge in [0.05, 0.1) is 0 Å². The van der Waals surface area contributed by atoms with Crippen molar-refractivity contribution in [3.8, 4) is 5.75 Å². The highest BCUT2D eigenvalue weighted by Gasteiger charge is 2.32. The molecule has 0 heterocycles. The number of halogens is 1. The quantitative estimate of drug-likeness (QED) is 0.111. The van der Waals surface area contributed by atoms with E-state index < -0.39 is 65.2 Å². The number of alkyl carbamates (subject to hydrolysis) is 1. The van der Waals surface area contributed by atoms with E-state index in [-0.39, 0.29) is 25.7 Å². The maximum absolute atomic E-state index is 13.9. The predicted molar refractivity (Wildman–Crippen MR) is 207 cm³/mol. The Morgan fingerprint density at radius 3 is 1.59 bits per heavy atom. The summed E-state index contributed by atoms with van der Waals surface area (Å²) in [6.45, 7) is 14.5. The molecular weight excluding hydrogens is 712 g/mol. The van der Waals surface area contributed by atoms with Gasteiger partial charge in [-0.2, -0.15) is 0 Å². The van der Waals surface area contributed by atoms with Crippen molar-refractivity contribution in [1.29, 1.82) is 0 Å². The highest BCUT2D eigenvalue weighted by Crippen LogP contribution is 2.20. The molecule has 0 aromatic heterocycles. The number of rotatable bonds is 17. The zero-order valence-electron chi connectivity index (χ0n) is 31.6. The number of hydrogen-bond acceptors (Lipinski definition) is 7. The summed E-state index contributed by atoms with van der Waals surface area (Å²) >= 11 is 6.04. The van der Waals surface area contributed by atoms with Crippen LogP contribution in [-0.2, 0) is 43.2 Å². The Labute approximate surface area is 322 Å². The van der Waals surface area contributed by atoms with Crippen molar-refractivity contribution in [3.05, 3.63) is 113 Å². The third-order valence-corrected chi connectivity index (χ3v) is 7.97. The lowest BCUT2D eigenvalue weighted by atomic mass is 10.0. The van der Waals surface area contributed by atoms with Crippen molar-refractivity contribution in [3.63, 3.8) is 0 Å². The molecule has 0 bridgehead atoms. The highest BCUT2D eigenvalue weighted by molar-refractivity contribution is 6.30. The fourth-order valence-corrected chi connectivity index (χ4v) is 5.40. The van der Waals surface area contributed by atoms with E-state index in [0.717, 1.165) is 0 Å². The zero-order chi connectivity index (χ0) is 40.1. The van der Waals surface area contributed by atoms with Gasteiger partial charge in [0.25, 0.3) is 0 Å². The topological polar surface area (TPSA) is 172 Å². The molecule has 3 aromatic rings. The van der Waals surface area contributed by atoms with E-state index in [2.05, 4.69) is 27.8 Å². The van der Waals surface area contributed by atoms with Crippen LogP contribution in [0.3, 0.4) is 0 Å². The Morgan fingerprint density at radius 1 is 0.648 bits per heavy atom. The van der Waals surface area contributed by atoms with Crippen molar-refractivity contribution in [2.24, 2.45) is 0 Å². The van der Waals surface area contributed by atoms with Crippen LogP contribution in [-0.4, -0.2) is 70.3 Å². The van der Waals surface area contributed by atoms with Crippen molar-refractivity contribution in [2.45, 2.75) is 103 Å². The lowest BCUT2D eigenvalue weighted by Gasteiger charge is -2.27. The molecule has 54 heavy (non-hydrogen) atoms. The number of benzene rings is 3. The number of carboxylic acids is 1. The van der Waals surface area contributed by atoms with Crippen LogP contribution in [0.1, 0.15) is 64.7 Å². The maximum atomic E-state index is 13.9. The average molecular weight is 763 g/mol. The van der Waals surface area contributed by atoms with Gasteiger partial charge in [-0.1, -0.05) is 72.3 Å². The monoisotopic (exact) mass is 762 g/mol. The first-order chi connectivity index (χ1) is 25.3. The van der Waals surface area contributed by atoms with Crippen molar-refractivity contribution in [1.82, 2.24) is 21.3 Å². The van der Waals surface area contributed by atoms with Crippen LogP contribution in [0.25, 0.3) is 0 Å². The smallest absolute Gasteiger partial charge is 0.408 e. The van der Waals surface area contributed by atoms with E-state index >= 15 is 0 Å². The van der Waals surface area contributed by atoms with Crippen LogP contribution in [0, 0.1) is 0 Å². The Kier molecular flexibility index (Phi) is 15.7. The second-order valence-corrected chi connectivity index (χ2v) is 15.3. The molecule has 4 atom stereocenters. The van der Waals surface area contributed by atoms with E-state index in [4.69, 9.17) is 21.1 Å². The van der Waals surface area contributed by atoms with E-state index in [1.807, 2.05) is 20.8 Å². The number of amides is 4. The SMILES string of the molecule is C=CCC(NC(=O)[C@H](Cc1ccc(Cl)cc1)NC(=O)OC(C)(C)C)C(=O)N[C@@H](Cc1ccc(OC(C)(C)C)cc1)C(=O)N[C@H](Cc1ccccc1)C(=O)O. The van der Waals surface area contributed by atoms with Crippen LogP contribution in [0.4, 0.5) is 4.79 Å². The molecule has 290 valence electrons. The first-order valence-corrected chi connectivity index (χ1v) is 18.0. The molecule has 0 aliphatic carbocycles. The second kappa shape index (κ2) is 19.6. The molecule has 0 saturated carbocycles. The largest absolute Gasteiger partial charge is 0.488 e. The minimum atomic E-state index is -1.29. The van der Waals surface area contributed by atoms with Crippen molar-refractivity contribution in [2.75, 3.05) is 0 Å². The van der Waals surface area contributed by atoms with E-state index in [1.54, 1.807) is 99.6 Å². The van der Waals surface area contributed by atoms with Crippen molar-refractivity contribution < 1.29 is 38.6 Å². The van der Waals surface area contributed by atoms with Crippen LogP contribution in [0.15, 0.2) is 91.5 Å². The van der Waals surface area contributed by atoms with Gasteiger partial charge in [0.1, 0.15) is 41.1 Å². The number of ether oxygens (including phenoxy) is 2. The molecule has 0 aliphatic heterocycles. The molecular formula is C41H51ClN4O8. The van der Waals surface area contributed by atoms with Crippen LogP contribution < -0.4 is 26.0 Å². The molecule has 0 spiro atoms. The average Bonchev–Trinajstić information content (AvgIpc) is 3.07. The fraction of sp³-hybridized carbons (Fsp3) is 0.390. The van der Waals surface area contributed by atoms with Gasteiger partial charge in [-0.05, 0) is 88.9 Å². The standard InChI is InChI=1S/C41H51ClN4O8/c1-8-12-31(43-37(49)33(46-39(52)54-41(5,6)7)24-27-15-19-29(42)20-16-27)35(47)44-32(23-28-17-21-30(22-18-28)53-40(2,3)4)36(48)45-34(38(50)51)25-26-13-10-9-11-14-26/h8-11,13-22,31-34H,1,12,23-25H2,2-7H3,(H,43,49)(H,44,47)(H,45,48)(H,46,52)(H,50,51)/t31?,32-,33-,34+/m0/s1. The fourth-order valence-electron chi connectivity index (χ4n) is 5.27. The Hall–Kier alpha value is -5.36. The summed E-state index contributed by atoms with van der Waals surface area (Å²) in [7, 11) is 0. The zero-order valence-corrected chi connectivity index (χ0v) is 32.4. The summed E-state index contributed by atoms with van der Waals surface area (Å²) in [5, 5.41) is 21.1. The van der Waals surface area contributed by atoms with E-state index in [9.17, 15) is 29.1 Å². The number of nitrogens with one attached hydrogen (secondary N) is 4. The maximum Gasteiger partial charge on any atom is 0.408 e. The third kappa shape index (κ3) is 15.3. The van der Waals surface area contributed by atoms with Gasteiger partial charge >= 0.3 is 12.1 Å². The number of hydrogen-bond donors (Lipinski definition) is 5. The lowest BCUT2D eigenvalue weighted by Crippen LogP contribution is -2.58. The number of carboxylic acid groups (broad SMARTS) is 1. The predicted octanol–water partition coefficient (Wildman–Crippen LogP) is 5.55. The first kappa shape index (κ1) is 43.0. The van der Waals surface area contributed by atoms with Crippen molar-refractivity contribution >= 4 is 41.4 Å². The van der Waals surface area contributed by atoms with E-state index in [1.165, 1.54) is 6.08 Å².